The summed E-state index contributed by atoms with van der Waals surface area (Å²) in [6.45, 7) is 4.92. The highest BCUT2D eigenvalue weighted by Gasteiger charge is 2.20. The molecule has 0 aromatic carbocycles. The topological polar surface area (TPSA) is 95.9 Å². The molecule has 0 fully saturated rings. The molecule has 0 aliphatic rings. The smallest absolute Gasteiger partial charge is 0.305 e. The molecule has 0 aromatic heterocycles. The first-order valence-corrected chi connectivity index (χ1v) is 35.4. The van der Waals surface area contributed by atoms with Crippen molar-refractivity contribution in [3.63, 3.8) is 0 Å². The molecule has 0 radical (unpaired) electrons. The van der Waals surface area contributed by atoms with Gasteiger partial charge in [0, 0.05) is 12.8 Å². The van der Waals surface area contributed by atoms with Gasteiger partial charge >= 0.3 is 5.97 Å². The van der Waals surface area contributed by atoms with Crippen molar-refractivity contribution in [3.8, 4) is 0 Å². The van der Waals surface area contributed by atoms with Crippen molar-refractivity contribution < 1.29 is 24.5 Å². The first kappa shape index (κ1) is 76.8. The van der Waals surface area contributed by atoms with Crippen molar-refractivity contribution in [1.29, 1.82) is 0 Å². The van der Waals surface area contributed by atoms with Crippen molar-refractivity contribution in [3.05, 3.63) is 48.6 Å². The van der Waals surface area contributed by atoms with Gasteiger partial charge in [0.25, 0.3) is 0 Å². The normalized spacial score (nSPS) is 12.8. The molecule has 2 atom stereocenters. The lowest BCUT2D eigenvalue weighted by atomic mass is 10.0. The van der Waals surface area contributed by atoms with Crippen LogP contribution in [0.4, 0.5) is 0 Å². The van der Waals surface area contributed by atoms with E-state index < -0.39 is 12.1 Å². The first-order valence-electron chi connectivity index (χ1n) is 35.4. The number of rotatable bonds is 66. The molecule has 1 amide bonds. The van der Waals surface area contributed by atoms with Crippen molar-refractivity contribution in [2.24, 2.45) is 0 Å². The van der Waals surface area contributed by atoms with Crippen LogP contribution in [0.5, 0.6) is 0 Å². The number of nitrogens with one attached hydrogen (secondary N) is 1. The number of allylic oxidation sites excluding steroid dienone is 8. The van der Waals surface area contributed by atoms with E-state index >= 15 is 0 Å². The fourth-order valence-electron chi connectivity index (χ4n) is 10.9. The first-order chi connectivity index (χ1) is 39.0. The molecule has 0 spiro atoms. The van der Waals surface area contributed by atoms with E-state index in [1.165, 1.54) is 283 Å². The van der Waals surface area contributed by atoms with Crippen molar-refractivity contribution in [2.45, 2.75) is 392 Å². The standard InChI is InChI=1S/C73H137NO5/c1-3-5-7-9-11-13-15-17-19-20-21-22-23-24-26-29-32-35-38-41-45-49-53-57-61-65-71(76)70(69-75)74-72(77)66-62-58-54-50-46-42-39-36-33-30-27-25-28-31-34-37-40-44-48-52-56-60-64-68-79-73(78)67-63-59-55-51-47-43-18-16-14-12-10-8-6-4-2/h10,12,16,18,25,28,30,33,70-71,75-76H,3-9,11,13-15,17,19-24,26-27,29,31-32,34-69H2,1-2H3,(H,74,77)/b12-10-,18-16-,28-25-,33-30-. The molecule has 0 saturated heterocycles. The van der Waals surface area contributed by atoms with E-state index in [0.29, 0.717) is 25.9 Å². The highest BCUT2D eigenvalue weighted by atomic mass is 16.5. The van der Waals surface area contributed by atoms with Gasteiger partial charge in [-0.1, -0.05) is 332 Å². The molecular formula is C73H137NO5. The maximum Gasteiger partial charge on any atom is 0.305 e. The van der Waals surface area contributed by atoms with E-state index in [1.54, 1.807) is 0 Å². The molecule has 6 heteroatoms. The molecule has 0 aromatic rings. The number of hydrogen-bond donors (Lipinski definition) is 3. The lowest BCUT2D eigenvalue weighted by Gasteiger charge is -2.22. The minimum Gasteiger partial charge on any atom is -0.466 e. The summed E-state index contributed by atoms with van der Waals surface area (Å²) in [5.41, 5.74) is 0. The Labute approximate surface area is 493 Å². The molecule has 0 heterocycles. The van der Waals surface area contributed by atoms with Crippen molar-refractivity contribution in [2.75, 3.05) is 13.2 Å². The highest BCUT2D eigenvalue weighted by molar-refractivity contribution is 5.76. The van der Waals surface area contributed by atoms with Crippen LogP contribution in [0.25, 0.3) is 0 Å². The van der Waals surface area contributed by atoms with Gasteiger partial charge in [-0.3, -0.25) is 9.59 Å². The quantitative estimate of drug-likeness (QED) is 0.0320. The summed E-state index contributed by atoms with van der Waals surface area (Å²) in [6.07, 6.45) is 88.7. The summed E-state index contributed by atoms with van der Waals surface area (Å²) in [5, 5.41) is 23.4. The zero-order valence-electron chi connectivity index (χ0n) is 53.1. The number of ether oxygens (including phenoxy) is 1. The maximum atomic E-state index is 12.6. The molecule has 0 saturated carbocycles. The highest BCUT2D eigenvalue weighted by Crippen LogP contribution is 2.18. The average molecular weight is 1110 g/mol. The number of carbonyl (C=O) groups is 2. The molecule has 0 aliphatic carbocycles. The van der Waals surface area contributed by atoms with E-state index in [1.807, 2.05) is 0 Å². The predicted molar refractivity (Wildman–Crippen MR) is 347 cm³/mol. The SMILES string of the molecule is CCCC/C=C\C/C=C\CCCCCCCC(=O)OCCCCCCCCCCC/C=C\C/C=C\CCCCCCCCCC(=O)NC(CO)C(O)CCCCCCCCCCCCCCCCCCCCCCCCCCC. The second-order valence-electron chi connectivity index (χ2n) is 24.2. The zero-order valence-corrected chi connectivity index (χ0v) is 53.1. The Hall–Kier alpha value is -2.18. The van der Waals surface area contributed by atoms with Gasteiger partial charge in [-0.15, -0.1) is 0 Å². The van der Waals surface area contributed by atoms with Gasteiger partial charge < -0.3 is 20.3 Å². The third-order valence-corrected chi connectivity index (χ3v) is 16.4. The summed E-state index contributed by atoms with van der Waals surface area (Å²) >= 11 is 0. The van der Waals surface area contributed by atoms with Crippen LogP contribution in [0.3, 0.4) is 0 Å². The zero-order chi connectivity index (χ0) is 57.1. The van der Waals surface area contributed by atoms with Gasteiger partial charge in [-0.05, 0) is 83.5 Å². The van der Waals surface area contributed by atoms with Crippen LogP contribution in [-0.4, -0.2) is 47.4 Å². The van der Waals surface area contributed by atoms with Gasteiger partial charge in [0.1, 0.15) is 0 Å². The Morgan fingerprint density at radius 3 is 1.00 bits per heavy atom. The van der Waals surface area contributed by atoms with Crippen LogP contribution in [0.15, 0.2) is 48.6 Å². The molecule has 2 unspecified atom stereocenters. The fourth-order valence-corrected chi connectivity index (χ4v) is 10.9. The van der Waals surface area contributed by atoms with E-state index in [-0.39, 0.29) is 18.5 Å². The number of carbonyl (C=O) groups excluding carboxylic acids is 2. The van der Waals surface area contributed by atoms with Crippen molar-refractivity contribution >= 4 is 11.9 Å². The Balaban J connectivity index is 3.45. The van der Waals surface area contributed by atoms with E-state index in [4.69, 9.17) is 4.74 Å². The van der Waals surface area contributed by atoms with Crippen LogP contribution in [0.1, 0.15) is 380 Å². The van der Waals surface area contributed by atoms with E-state index in [0.717, 1.165) is 64.2 Å². The summed E-state index contributed by atoms with van der Waals surface area (Å²) in [6, 6.07) is -0.552. The number of aliphatic hydroxyl groups excluding tert-OH is 2. The second kappa shape index (κ2) is 68.3. The summed E-state index contributed by atoms with van der Waals surface area (Å²) in [5.74, 6) is -0.0491. The molecule has 0 rings (SSSR count). The molecule has 0 bridgehead atoms. The minimum absolute atomic E-state index is 0.00726. The summed E-state index contributed by atoms with van der Waals surface area (Å²) in [7, 11) is 0. The Kier molecular flexibility index (Phi) is 66.4. The van der Waals surface area contributed by atoms with E-state index in [9.17, 15) is 19.8 Å². The van der Waals surface area contributed by atoms with Gasteiger partial charge in [-0.2, -0.15) is 0 Å². The van der Waals surface area contributed by atoms with Gasteiger partial charge in [0.15, 0.2) is 0 Å². The lowest BCUT2D eigenvalue weighted by molar-refractivity contribution is -0.143. The average Bonchev–Trinajstić information content (AvgIpc) is 3.45. The largest absolute Gasteiger partial charge is 0.466 e. The molecular weight excluding hydrogens is 971 g/mol. The van der Waals surface area contributed by atoms with Crippen LogP contribution in [0, 0.1) is 0 Å². The van der Waals surface area contributed by atoms with Gasteiger partial charge in [0.05, 0.1) is 25.4 Å². The molecule has 6 nitrogen and oxygen atoms in total. The Morgan fingerprint density at radius 1 is 0.354 bits per heavy atom. The predicted octanol–water partition coefficient (Wildman–Crippen LogP) is 22.9. The van der Waals surface area contributed by atoms with E-state index in [2.05, 4.69) is 67.8 Å². The molecule has 79 heavy (non-hydrogen) atoms. The Morgan fingerprint density at radius 2 is 0.646 bits per heavy atom. The van der Waals surface area contributed by atoms with Crippen molar-refractivity contribution in [1.82, 2.24) is 5.32 Å². The van der Waals surface area contributed by atoms with Gasteiger partial charge in [0.2, 0.25) is 5.91 Å². The summed E-state index contributed by atoms with van der Waals surface area (Å²) in [4.78, 5) is 24.6. The molecule has 0 aliphatic heterocycles. The van der Waals surface area contributed by atoms with Gasteiger partial charge in [-0.25, -0.2) is 0 Å². The number of unbranched alkanes of at least 4 members (excludes halogenated alkanes) is 47. The number of esters is 1. The third-order valence-electron chi connectivity index (χ3n) is 16.4. The summed E-state index contributed by atoms with van der Waals surface area (Å²) < 4.78 is 5.47. The minimum atomic E-state index is -0.674. The monoisotopic (exact) mass is 1110 g/mol. The molecule has 464 valence electrons. The van der Waals surface area contributed by atoms with Crippen LogP contribution in [-0.2, 0) is 14.3 Å². The number of aliphatic hydroxyl groups is 2. The Bertz CT molecular complexity index is 1320. The maximum absolute atomic E-state index is 12.6. The lowest BCUT2D eigenvalue weighted by Crippen LogP contribution is -2.45. The van der Waals surface area contributed by atoms with Crippen LogP contribution in [0.2, 0.25) is 0 Å². The van der Waals surface area contributed by atoms with Crippen LogP contribution < -0.4 is 5.32 Å². The number of amides is 1. The molecule has 3 N–H and O–H groups in total. The second-order valence-corrected chi connectivity index (χ2v) is 24.2. The number of hydrogen-bond acceptors (Lipinski definition) is 5. The third kappa shape index (κ3) is 64.8. The van der Waals surface area contributed by atoms with Crippen LogP contribution >= 0.6 is 0 Å². The fraction of sp³-hybridized carbons (Fsp3) is 0.863.